The second kappa shape index (κ2) is 12.4. The van der Waals surface area contributed by atoms with Crippen molar-refractivity contribution in [2.45, 2.75) is 36.4 Å². The van der Waals surface area contributed by atoms with Crippen LogP contribution >= 0.6 is 11.8 Å². The van der Waals surface area contributed by atoms with Crippen LogP contribution in [0.5, 0.6) is 0 Å². The average molecular weight is 507 g/mol. The van der Waals surface area contributed by atoms with E-state index in [4.69, 9.17) is 18.9 Å². The third kappa shape index (κ3) is 6.74. The molecule has 0 saturated carbocycles. The molecule has 8 heteroatoms. The lowest BCUT2D eigenvalue weighted by atomic mass is 10.1. The van der Waals surface area contributed by atoms with Gasteiger partial charge in [-0.2, -0.15) is 0 Å². The van der Waals surface area contributed by atoms with E-state index in [1.807, 2.05) is 30.3 Å². The Bertz CT molecular complexity index is 1150. The highest BCUT2D eigenvalue weighted by molar-refractivity contribution is 8.00. The number of carbonyl (C=O) groups excluding carboxylic acids is 3. The molecule has 4 rings (SSSR count). The Morgan fingerprint density at radius 2 is 1.28 bits per heavy atom. The summed E-state index contributed by atoms with van der Waals surface area (Å²) in [4.78, 5) is 37.3. The molecule has 0 radical (unpaired) electrons. The predicted molar refractivity (Wildman–Crippen MR) is 134 cm³/mol. The molecule has 0 aromatic heterocycles. The van der Waals surface area contributed by atoms with Crippen LogP contribution in [0.2, 0.25) is 0 Å². The fraction of sp³-hybridized carbons (Fsp3) is 0.250. The summed E-state index contributed by atoms with van der Waals surface area (Å²) in [6.07, 6.45) is -1.61. The number of hydrogen-bond acceptors (Lipinski definition) is 8. The Kier molecular flexibility index (Phi) is 8.76. The van der Waals surface area contributed by atoms with Crippen molar-refractivity contribution in [3.63, 3.8) is 0 Å². The molecular weight excluding hydrogens is 480 g/mol. The molecule has 0 aliphatic carbocycles. The van der Waals surface area contributed by atoms with Gasteiger partial charge in [-0.25, -0.2) is 9.59 Å². The van der Waals surface area contributed by atoms with Crippen LogP contribution < -0.4 is 0 Å². The molecule has 1 heterocycles. The first-order chi connectivity index (χ1) is 17.5. The molecule has 4 atom stereocenters. The molecule has 1 saturated heterocycles. The molecule has 7 nitrogen and oxygen atoms in total. The molecule has 1 unspecified atom stereocenters. The quantitative estimate of drug-likeness (QED) is 0.306. The summed E-state index contributed by atoms with van der Waals surface area (Å²) >= 11 is 1.24. The van der Waals surface area contributed by atoms with E-state index in [1.165, 1.54) is 18.7 Å². The molecule has 0 spiro atoms. The Morgan fingerprint density at radius 3 is 1.86 bits per heavy atom. The highest BCUT2D eigenvalue weighted by Crippen LogP contribution is 2.40. The summed E-state index contributed by atoms with van der Waals surface area (Å²) in [6, 6.07) is 26.7. The van der Waals surface area contributed by atoms with Gasteiger partial charge < -0.3 is 18.9 Å². The van der Waals surface area contributed by atoms with Crippen molar-refractivity contribution < 1.29 is 33.3 Å². The normalized spacial score (nSPS) is 20.9. The largest absolute Gasteiger partial charge is 0.461 e. The molecule has 1 aliphatic heterocycles. The molecule has 0 N–H and O–H groups in total. The maximum Gasteiger partial charge on any atom is 0.338 e. The van der Waals surface area contributed by atoms with Crippen LogP contribution in [0.25, 0.3) is 0 Å². The minimum atomic E-state index is -0.834. The highest BCUT2D eigenvalue weighted by Gasteiger charge is 2.50. The number of benzene rings is 3. The Hall–Kier alpha value is -3.62. The Morgan fingerprint density at radius 1 is 0.722 bits per heavy atom. The van der Waals surface area contributed by atoms with Crippen LogP contribution in [-0.4, -0.2) is 47.4 Å². The first-order valence-electron chi connectivity index (χ1n) is 11.5. The minimum absolute atomic E-state index is 0.0614. The number of hydrogen-bond donors (Lipinski definition) is 0. The van der Waals surface area contributed by atoms with Crippen LogP contribution in [0.1, 0.15) is 33.2 Å². The van der Waals surface area contributed by atoms with Crippen molar-refractivity contribution in [1.82, 2.24) is 0 Å². The molecular formula is C28H26O7S. The number of thioether (sulfide) groups is 1. The van der Waals surface area contributed by atoms with Crippen molar-refractivity contribution in [2.75, 3.05) is 6.61 Å². The van der Waals surface area contributed by atoms with E-state index in [0.717, 1.165) is 5.56 Å². The molecule has 0 bridgehead atoms. The second-order valence-electron chi connectivity index (χ2n) is 8.11. The SMILES string of the molecule is CC(=O)OC1S[C@H](COC(=O)c2ccccc2)[C@H](OC(=O)c2ccccc2)[C@H]1OCc1ccccc1. The van der Waals surface area contributed by atoms with Gasteiger partial charge in [0, 0.05) is 6.92 Å². The lowest BCUT2D eigenvalue weighted by Gasteiger charge is -2.25. The highest BCUT2D eigenvalue weighted by atomic mass is 32.2. The summed E-state index contributed by atoms with van der Waals surface area (Å²) < 4.78 is 23.1. The summed E-state index contributed by atoms with van der Waals surface area (Å²) in [7, 11) is 0. The molecule has 36 heavy (non-hydrogen) atoms. The maximum atomic E-state index is 13.0. The Labute approximate surface area is 213 Å². The van der Waals surface area contributed by atoms with Crippen molar-refractivity contribution in [2.24, 2.45) is 0 Å². The van der Waals surface area contributed by atoms with Crippen molar-refractivity contribution in [1.29, 1.82) is 0 Å². The van der Waals surface area contributed by atoms with E-state index >= 15 is 0 Å². The zero-order chi connectivity index (χ0) is 25.3. The Balaban J connectivity index is 1.54. The number of esters is 3. The van der Waals surface area contributed by atoms with Crippen LogP contribution in [0.15, 0.2) is 91.0 Å². The number of ether oxygens (including phenoxy) is 4. The number of carbonyl (C=O) groups is 3. The molecule has 0 amide bonds. The smallest absolute Gasteiger partial charge is 0.338 e. The number of rotatable bonds is 9. The van der Waals surface area contributed by atoms with Crippen LogP contribution in [0.4, 0.5) is 0 Å². The second-order valence-corrected chi connectivity index (χ2v) is 9.46. The molecule has 3 aromatic rings. The van der Waals surface area contributed by atoms with Crippen LogP contribution in [0, 0.1) is 0 Å². The van der Waals surface area contributed by atoms with Gasteiger partial charge in [0.2, 0.25) is 0 Å². The van der Waals surface area contributed by atoms with Gasteiger partial charge in [-0.3, -0.25) is 4.79 Å². The first-order valence-corrected chi connectivity index (χ1v) is 12.4. The van der Waals surface area contributed by atoms with Gasteiger partial charge in [-0.1, -0.05) is 66.7 Å². The van der Waals surface area contributed by atoms with E-state index in [0.29, 0.717) is 11.1 Å². The van der Waals surface area contributed by atoms with Crippen molar-refractivity contribution >= 4 is 29.7 Å². The monoisotopic (exact) mass is 506 g/mol. The summed E-state index contributed by atoms with van der Waals surface area (Å²) in [5.41, 5.74) is 0.948. The van der Waals surface area contributed by atoms with Gasteiger partial charge >= 0.3 is 17.9 Å². The van der Waals surface area contributed by atoms with Gasteiger partial charge in [0.15, 0.2) is 5.44 Å². The van der Waals surface area contributed by atoms with E-state index in [2.05, 4.69) is 0 Å². The third-order valence-corrected chi connectivity index (χ3v) is 6.86. The topological polar surface area (TPSA) is 88.1 Å². The van der Waals surface area contributed by atoms with Crippen molar-refractivity contribution in [3.8, 4) is 0 Å². The summed E-state index contributed by atoms with van der Waals surface area (Å²) in [5, 5.41) is -0.518. The van der Waals surface area contributed by atoms with Gasteiger partial charge in [0.25, 0.3) is 0 Å². The predicted octanol–water partition coefficient (Wildman–Crippen LogP) is 4.66. The van der Waals surface area contributed by atoms with E-state index in [-0.39, 0.29) is 13.2 Å². The zero-order valence-corrected chi connectivity index (χ0v) is 20.5. The van der Waals surface area contributed by atoms with Crippen molar-refractivity contribution in [3.05, 3.63) is 108 Å². The van der Waals surface area contributed by atoms with Crippen LogP contribution in [-0.2, 0) is 30.3 Å². The van der Waals surface area contributed by atoms with Gasteiger partial charge in [0.1, 0.15) is 18.8 Å². The average Bonchev–Trinajstić information content (AvgIpc) is 3.22. The molecule has 3 aromatic carbocycles. The van der Waals surface area contributed by atoms with Gasteiger partial charge in [0.05, 0.1) is 23.0 Å². The molecule has 1 fully saturated rings. The van der Waals surface area contributed by atoms with Crippen LogP contribution in [0.3, 0.4) is 0 Å². The molecule has 1 aliphatic rings. The fourth-order valence-electron chi connectivity index (χ4n) is 3.75. The van der Waals surface area contributed by atoms with Gasteiger partial charge in [-0.15, -0.1) is 11.8 Å². The first kappa shape index (κ1) is 25.5. The summed E-state index contributed by atoms with van der Waals surface area (Å²) in [6.45, 7) is 1.47. The molecule has 186 valence electrons. The zero-order valence-electron chi connectivity index (χ0n) is 19.6. The van der Waals surface area contributed by atoms with E-state index < -0.39 is 40.8 Å². The lowest BCUT2D eigenvalue weighted by molar-refractivity contribution is -0.152. The standard InChI is InChI=1S/C28H26O7S/c1-19(29)34-28-25(32-17-20-11-5-2-6-12-20)24(35-27(31)22-15-9-4-10-16-22)23(36-28)18-33-26(30)21-13-7-3-8-14-21/h2-16,23-25,28H,17-18H2,1H3/t23-,24+,25-,28?/m1/s1. The van der Waals surface area contributed by atoms with E-state index in [9.17, 15) is 14.4 Å². The fourth-order valence-corrected chi connectivity index (χ4v) is 5.19. The van der Waals surface area contributed by atoms with E-state index in [1.54, 1.807) is 60.7 Å². The minimum Gasteiger partial charge on any atom is -0.461 e. The maximum absolute atomic E-state index is 13.0. The third-order valence-electron chi connectivity index (χ3n) is 5.48. The lowest BCUT2D eigenvalue weighted by Crippen LogP contribution is -2.41. The summed E-state index contributed by atoms with van der Waals surface area (Å²) in [5.74, 6) is -1.53. The van der Waals surface area contributed by atoms with Gasteiger partial charge in [-0.05, 0) is 29.8 Å².